The number of methoxy groups -OCH3 is 8. The second kappa shape index (κ2) is 29.4. The highest BCUT2D eigenvalue weighted by Gasteiger charge is 2.16. The van der Waals surface area contributed by atoms with Gasteiger partial charge in [0.05, 0.1) is 56.9 Å². The Hall–Kier alpha value is -6.84. The third-order valence-electron chi connectivity index (χ3n) is 8.55. The molecule has 0 amide bonds. The number of ether oxygens (including phenoxy) is 8. The number of hydrogen-bond donors (Lipinski definition) is 4. The molecule has 0 spiro atoms. The molecule has 334 valence electrons. The molecule has 0 atom stereocenters. The van der Waals surface area contributed by atoms with Crippen molar-refractivity contribution in [2.75, 3.05) is 56.9 Å². The van der Waals surface area contributed by atoms with Crippen LogP contribution in [0.3, 0.4) is 0 Å². The molecule has 4 N–H and O–H groups in total. The van der Waals surface area contributed by atoms with Crippen molar-refractivity contribution in [2.45, 2.75) is 57.8 Å². The fourth-order valence-corrected chi connectivity index (χ4v) is 5.41. The van der Waals surface area contributed by atoms with Crippen molar-refractivity contribution < 1.29 is 77.5 Å². The predicted octanol–water partition coefficient (Wildman–Crippen LogP) is 7.27. The van der Waals surface area contributed by atoms with Gasteiger partial charge in [0.2, 0.25) is 11.5 Å². The average molecular weight is 855 g/mol. The highest BCUT2D eigenvalue weighted by Crippen LogP contribution is 2.40. The SMILES string of the molecule is COc1cc(CCC(=O)O)cc(OC)c1OC.COc1ccc(CCC(=O)O)c(OC)c1OC.COc1ccc(CCC(=O)O)cc1.COc1ccc(CCCC(=O)O)cc1. The van der Waals surface area contributed by atoms with E-state index in [9.17, 15) is 19.2 Å². The molecule has 0 saturated carbocycles. The van der Waals surface area contributed by atoms with Gasteiger partial charge in [0.15, 0.2) is 23.0 Å². The number of carboxylic acids is 4. The lowest BCUT2D eigenvalue weighted by atomic mass is 10.1. The first-order valence-corrected chi connectivity index (χ1v) is 18.9. The lowest BCUT2D eigenvalue weighted by Crippen LogP contribution is -2.02. The molecule has 0 heterocycles. The minimum atomic E-state index is -0.846. The Kier molecular flexibility index (Phi) is 25.1. The summed E-state index contributed by atoms with van der Waals surface area (Å²) in [6.07, 6.45) is 3.38. The number of aryl methyl sites for hydroxylation is 4. The molecule has 4 rings (SSSR count). The van der Waals surface area contributed by atoms with Gasteiger partial charge in [-0.3, -0.25) is 19.2 Å². The van der Waals surface area contributed by atoms with Gasteiger partial charge < -0.3 is 58.3 Å². The molecule has 0 saturated heterocycles. The van der Waals surface area contributed by atoms with Gasteiger partial charge >= 0.3 is 23.9 Å². The van der Waals surface area contributed by atoms with E-state index in [4.69, 9.17) is 58.3 Å². The average Bonchev–Trinajstić information content (AvgIpc) is 3.26. The number of rotatable bonds is 21. The maximum atomic E-state index is 10.6. The normalized spacial score (nSPS) is 9.77. The van der Waals surface area contributed by atoms with Crippen LogP contribution in [0, 0.1) is 0 Å². The third-order valence-corrected chi connectivity index (χ3v) is 8.55. The zero-order chi connectivity index (χ0) is 45.7. The molecule has 61 heavy (non-hydrogen) atoms. The Bertz CT molecular complexity index is 1900. The van der Waals surface area contributed by atoms with Gasteiger partial charge in [-0.15, -0.1) is 0 Å². The smallest absolute Gasteiger partial charge is 0.303 e. The summed E-state index contributed by atoms with van der Waals surface area (Å²) < 4.78 is 41.1. The molecule has 0 fully saturated rings. The van der Waals surface area contributed by atoms with E-state index in [0.717, 1.165) is 40.2 Å². The summed E-state index contributed by atoms with van der Waals surface area (Å²) in [5, 5.41) is 34.2. The van der Waals surface area contributed by atoms with Crippen LogP contribution in [0.2, 0.25) is 0 Å². The Labute approximate surface area is 356 Å². The van der Waals surface area contributed by atoms with Crippen LogP contribution in [0.4, 0.5) is 0 Å². The monoisotopic (exact) mass is 854 g/mol. The molecule has 0 bridgehead atoms. The zero-order valence-electron chi connectivity index (χ0n) is 36.0. The van der Waals surface area contributed by atoms with Gasteiger partial charge in [-0.25, -0.2) is 0 Å². The summed E-state index contributed by atoms with van der Waals surface area (Å²) in [5.74, 6) is 1.57. The molecule has 0 unspecified atom stereocenters. The van der Waals surface area contributed by atoms with Crippen molar-refractivity contribution in [3.63, 3.8) is 0 Å². The summed E-state index contributed by atoms with van der Waals surface area (Å²) in [6, 6.07) is 22.1. The van der Waals surface area contributed by atoms with Crippen LogP contribution in [0.1, 0.15) is 54.4 Å². The van der Waals surface area contributed by atoms with Gasteiger partial charge in [-0.2, -0.15) is 0 Å². The van der Waals surface area contributed by atoms with Crippen molar-refractivity contribution in [1.29, 1.82) is 0 Å². The molecule has 0 aromatic heterocycles. The van der Waals surface area contributed by atoms with Gasteiger partial charge in [-0.05, 0) is 96.8 Å². The van der Waals surface area contributed by atoms with Crippen molar-refractivity contribution in [3.8, 4) is 46.0 Å². The first-order valence-electron chi connectivity index (χ1n) is 18.9. The molecule has 4 aromatic rings. The van der Waals surface area contributed by atoms with Crippen molar-refractivity contribution in [1.82, 2.24) is 0 Å². The van der Waals surface area contributed by atoms with Crippen LogP contribution < -0.4 is 37.9 Å². The lowest BCUT2D eigenvalue weighted by Gasteiger charge is -2.15. The topological polar surface area (TPSA) is 223 Å². The summed E-state index contributed by atoms with van der Waals surface area (Å²) in [5.41, 5.74) is 3.78. The molecule has 0 aliphatic rings. The van der Waals surface area contributed by atoms with E-state index in [1.54, 1.807) is 38.5 Å². The number of benzene rings is 4. The van der Waals surface area contributed by atoms with Crippen LogP contribution in [0.25, 0.3) is 0 Å². The second-order valence-corrected chi connectivity index (χ2v) is 12.7. The highest BCUT2D eigenvalue weighted by molar-refractivity contribution is 5.68. The Balaban J connectivity index is 0.000000409. The van der Waals surface area contributed by atoms with E-state index in [2.05, 4.69) is 0 Å². The number of carbonyl (C=O) groups is 4. The summed E-state index contributed by atoms with van der Waals surface area (Å²) in [6.45, 7) is 0. The van der Waals surface area contributed by atoms with Crippen LogP contribution in [0.5, 0.6) is 46.0 Å². The van der Waals surface area contributed by atoms with E-state index in [-0.39, 0.29) is 25.7 Å². The van der Waals surface area contributed by atoms with Crippen LogP contribution in [-0.2, 0) is 44.9 Å². The van der Waals surface area contributed by atoms with Crippen molar-refractivity contribution in [2.24, 2.45) is 0 Å². The fourth-order valence-electron chi connectivity index (χ4n) is 5.41. The summed E-state index contributed by atoms with van der Waals surface area (Å²) in [7, 11) is 12.4. The second-order valence-electron chi connectivity index (χ2n) is 12.7. The standard InChI is InChI=1S/2C12H16O5.C11H14O3.C10H12O3/c1-15-9-6-4-8(5-7-10(13)14)11(16-2)12(9)17-3;1-15-9-6-8(4-5-11(13)14)7-10(16-2)12(9)17-3;1-14-10-7-5-9(6-8-10)3-2-4-11(12)13;1-13-9-5-2-8(3-6-9)4-7-10(11)12/h4,6H,5,7H2,1-3H3,(H,13,14);6-7H,4-5H2,1-3H3,(H,13,14);5-8H,2-4H2,1H3,(H,12,13);2-3,5-6H,4,7H2,1H3,(H,11,12). The number of aliphatic carboxylic acids is 4. The number of carboxylic acid groups (broad SMARTS) is 4. The maximum Gasteiger partial charge on any atom is 0.303 e. The van der Waals surface area contributed by atoms with E-state index >= 15 is 0 Å². The van der Waals surface area contributed by atoms with Gasteiger partial charge in [0.25, 0.3) is 0 Å². The third kappa shape index (κ3) is 20.1. The van der Waals surface area contributed by atoms with Gasteiger partial charge in [0, 0.05) is 25.7 Å². The largest absolute Gasteiger partial charge is 0.497 e. The van der Waals surface area contributed by atoms with Gasteiger partial charge in [-0.1, -0.05) is 30.3 Å². The van der Waals surface area contributed by atoms with Crippen LogP contribution >= 0.6 is 0 Å². The Morgan fingerprint density at radius 3 is 1.15 bits per heavy atom. The lowest BCUT2D eigenvalue weighted by molar-refractivity contribution is -0.138. The van der Waals surface area contributed by atoms with E-state index in [0.29, 0.717) is 60.2 Å². The molecule has 0 aliphatic carbocycles. The molecule has 0 aliphatic heterocycles. The van der Waals surface area contributed by atoms with Gasteiger partial charge in [0.1, 0.15) is 11.5 Å². The molecule has 0 radical (unpaired) electrons. The fraction of sp³-hybridized carbons (Fsp3) is 0.378. The first-order chi connectivity index (χ1) is 29.2. The van der Waals surface area contributed by atoms with Crippen molar-refractivity contribution >= 4 is 23.9 Å². The minimum absolute atomic E-state index is 0.0475. The zero-order valence-corrected chi connectivity index (χ0v) is 36.0. The van der Waals surface area contributed by atoms with Crippen molar-refractivity contribution in [3.05, 3.63) is 95.1 Å². The summed E-state index contributed by atoms with van der Waals surface area (Å²) >= 11 is 0. The molecule has 16 heteroatoms. The first kappa shape index (κ1) is 52.2. The molecule has 4 aromatic carbocycles. The van der Waals surface area contributed by atoms with Crippen LogP contribution in [-0.4, -0.2) is 101 Å². The molecular weight excluding hydrogens is 796 g/mol. The Morgan fingerprint density at radius 1 is 0.377 bits per heavy atom. The Morgan fingerprint density at radius 2 is 0.770 bits per heavy atom. The predicted molar refractivity (Wildman–Crippen MR) is 227 cm³/mol. The summed E-state index contributed by atoms with van der Waals surface area (Å²) in [4.78, 5) is 41.6. The highest BCUT2D eigenvalue weighted by atomic mass is 16.5. The molecular formula is C45H58O16. The number of hydrogen-bond acceptors (Lipinski definition) is 12. The minimum Gasteiger partial charge on any atom is -0.497 e. The van der Waals surface area contributed by atoms with E-state index < -0.39 is 23.9 Å². The van der Waals surface area contributed by atoms with E-state index in [1.165, 1.54) is 42.7 Å². The van der Waals surface area contributed by atoms with Crippen LogP contribution in [0.15, 0.2) is 72.8 Å². The van der Waals surface area contributed by atoms with E-state index in [1.807, 2.05) is 48.5 Å². The maximum absolute atomic E-state index is 10.6. The quantitative estimate of drug-likeness (QED) is 0.0647. The molecule has 16 nitrogen and oxygen atoms in total.